The first kappa shape index (κ1) is 11.6. The van der Waals surface area contributed by atoms with Crippen molar-refractivity contribution in [1.82, 2.24) is 4.98 Å². The van der Waals surface area contributed by atoms with Gasteiger partial charge in [-0.3, -0.25) is 0 Å². The molecule has 0 radical (unpaired) electrons. The highest BCUT2D eigenvalue weighted by Gasteiger charge is 2.09. The molecule has 5 heteroatoms. The number of hydrogen-bond acceptors (Lipinski definition) is 4. The van der Waals surface area contributed by atoms with E-state index in [1.54, 1.807) is 0 Å². The average molecular weight is 321 g/mol. The zero-order chi connectivity index (χ0) is 12.5. The molecule has 1 aromatic heterocycles. The fourth-order valence-corrected chi connectivity index (χ4v) is 2.98. The fraction of sp³-hybridized carbons (Fsp3) is 0. The molecule has 0 unspecified atom stereocenters. The van der Waals surface area contributed by atoms with E-state index in [2.05, 4.69) is 20.9 Å². The highest BCUT2D eigenvalue weighted by atomic mass is 79.9. The van der Waals surface area contributed by atoms with Gasteiger partial charge in [0.1, 0.15) is 5.52 Å². The van der Waals surface area contributed by atoms with Crippen LogP contribution in [-0.2, 0) is 0 Å². The van der Waals surface area contributed by atoms with Crippen molar-refractivity contribution in [3.05, 3.63) is 46.9 Å². The second-order valence-corrected chi connectivity index (χ2v) is 5.67. The summed E-state index contributed by atoms with van der Waals surface area (Å²) in [5, 5.41) is 0.598. The molecule has 0 atom stereocenters. The molecule has 0 aliphatic rings. The number of nitrogen functional groups attached to an aromatic ring is 1. The number of nitrogens with two attached hydrogens (primary N) is 1. The maximum absolute atomic E-state index is 5.85. The molecule has 0 fully saturated rings. The number of oxazole rings is 1. The van der Waals surface area contributed by atoms with Gasteiger partial charge in [0, 0.05) is 9.37 Å². The summed E-state index contributed by atoms with van der Waals surface area (Å²) in [4.78, 5) is 5.46. The molecule has 2 N–H and O–H groups in total. The molecular formula is C13H9BrN2OS. The quantitative estimate of drug-likeness (QED) is 0.714. The van der Waals surface area contributed by atoms with E-state index in [0.29, 0.717) is 16.5 Å². The molecule has 0 spiro atoms. The topological polar surface area (TPSA) is 52.0 Å². The van der Waals surface area contributed by atoms with Crippen molar-refractivity contribution in [1.29, 1.82) is 0 Å². The lowest BCUT2D eigenvalue weighted by atomic mass is 10.3. The molecule has 0 saturated heterocycles. The smallest absolute Gasteiger partial charge is 0.261 e. The van der Waals surface area contributed by atoms with Crippen LogP contribution in [0, 0.1) is 0 Å². The lowest BCUT2D eigenvalue weighted by molar-refractivity contribution is 0.489. The van der Waals surface area contributed by atoms with Gasteiger partial charge in [-0.25, -0.2) is 4.98 Å². The number of benzene rings is 2. The van der Waals surface area contributed by atoms with Gasteiger partial charge in [-0.05, 0) is 42.1 Å². The lowest BCUT2D eigenvalue weighted by Crippen LogP contribution is -1.84. The van der Waals surface area contributed by atoms with Crippen LogP contribution in [0.5, 0.6) is 0 Å². The first-order valence-corrected chi connectivity index (χ1v) is 6.92. The Bertz CT molecular complexity index is 711. The highest BCUT2D eigenvalue weighted by Crippen LogP contribution is 2.32. The van der Waals surface area contributed by atoms with Gasteiger partial charge >= 0.3 is 0 Å². The van der Waals surface area contributed by atoms with E-state index in [-0.39, 0.29) is 0 Å². The molecule has 0 aliphatic carbocycles. The minimum atomic E-state index is 0.598. The summed E-state index contributed by atoms with van der Waals surface area (Å²) in [7, 11) is 0. The molecule has 0 amide bonds. The average Bonchev–Trinajstić information content (AvgIpc) is 2.73. The Kier molecular flexibility index (Phi) is 3.01. The van der Waals surface area contributed by atoms with Gasteiger partial charge in [0.05, 0.1) is 5.69 Å². The number of halogens is 1. The minimum Gasteiger partial charge on any atom is -0.431 e. The van der Waals surface area contributed by atoms with Crippen LogP contribution in [0.15, 0.2) is 61.5 Å². The monoisotopic (exact) mass is 320 g/mol. The van der Waals surface area contributed by atoms with E-state index < -0.39 is 0 Å². The Hall–Kier alpha value is -1.46. The fourth-order valence-electron chi connectivity index (χ4n) is 1.62. The summed E-state index contributed by atoms with van der Waals surface area (Å²) < 4.78 is 6.68. The van der Waals surface area contributed by atoms with Crippen molar-refractivity contribution in [2.45, 2.75) is 10.1 Å². The molecule has 18 heavy (non-hydrogen) atoms. The maximum atomic E-state index is 5.85. The third kappa shape index (κ3) is 2.23. The van der Waals surface area contributed by atoms with Gasteiger partial charge in [0.15, 0.2) is 5.58 Å². The Labute approximate surface area is 117 Å². The van der Waals surface area contributed by atoms with Crippen molar-refractivity contribution in [3.63, 3.8) is 0 Å². The Morgan fingerprint density at radius 3 is 2.78 bits per heavy atom. The van der Waals surface area contributed by atoms with Crippen LogP contribution in [0.3, 0.4) is 0 Å². The zero-order valence-corrected chi connectivity index (χ0v) is 11.7. The molecule has 2 aromatic carbocycles. The van der Waals surface area contributed by atoms with Gasteiger partial charge in [-0.1, -0.05) is 28.1 Å². The summed E-state index contributed by atoms with van der Waals surface area (Å²) >= 11 is 4.91. The van der Waals surface area contributed by atoms with Crippen LogP contribution >= 0.6 is 27.7 Å². The number of hydrogen-bond donors (Lipinski definition) is 1. The second-order valence-electron chi connectivity index (χ2n) is 3.73. The van der Waals surface area contributed by atoms with E-state index in [0.717, 1.165) is 14.9 Å². The molecule has 90 valence electrons. The van der Waals surface area contributed by atoms with Crippen molar-refractivity contribution >= 4 is 44.5 Å². The van der Waals surface area contributed by atoms with Gasteiger partial charge in [-0.2, -0.15) is 0 Å². The van der Waals surface area contributed by atoms with Crippen LogP contribution < -0.4 is 5.73 Å². The third-order valence-electron chi connectivity index (χ3n) is 2.43. The Morgan fingerprint density at radius 1 is 1.17 bits per heavy atom. The molecule has 3 nitrogen and oxygen atoms in total. The van der Waals surface area contributed by atoms with Crippen molar-refractivity contribution in [3.8, 4) is 0 Å². The predicted molar refractivity (Wildman–Crippen MR) is 76.7 cm³/mol. The van der Waals surface area contributed by atoms with Crippen LogP contribution in [0.25, 0.3) is 11.1 Å². The Morgan fingerprint density at radius 2 is 2.00 bits per heavy atom. The molecule has 0 saturated carbocycles. The highest BCUT2D eigenvalue weighted by molar-refractivity contribution is 9.10. The molecular weight excluding hydrogens is 312 g/mol. The van der Waals surface area contributed by atoms with Gasteiger partial charge in [0.25, 0.3) is 5.22 Å². The zero-order valence-electron chi connectivity index (χ0n) is 9.26. The number of anilines is 1. The molecule has 3 rings (SSSR count). The number of aromatic nitrogens is 1. The second kappa shape index (κ2) is 4.66. The largest absolute Gasteiger partial charge is 0.431 e. The van der Waals surface area contributed by atoms with Gasteiger partial charge in [0.2, 0.25) is 0 Å². The van der Waals surface area contributed by atoms with Crippen molar-refractivity contribution in [2.24, 2.45) is 0 Å². The summed E-state index contributed by atoms with van der Waals surface area (Å²) in [6.07, 6.45) is 0. The molecule has 0 bridgehead atoms. The van der Waals surface area contributed by atoms with Gasteiger partial charge in [-0.15, -0.1) is 0 Å². The van der Waals surface area contributed by atoms with E-state index in [4.69, 9.17) is 10.2 Å². The van der Waals surface area contributed by atoms with Crippen LogP contribution in [0.1, 0.15) is 0 Å². The standard InChI is InChI=1S/C13H9BrN2OS/c14-8-3-1-4-9(7-8)18-13-16-12-10(15)5-2-6-11(12)17-13/h1-7H,15H2. The van der Waals surface area contributed by atoms with E-state index in [9.17, 15) is 0 Å². The molecule has 1 heterocycles. The normalized spacial score (nSPS) is 10.9. The van der Waals surface area contributed by atoms with Crippen molar-refractivity contribution in [2.75, 3.05) is 5.73 Å². The molecule has 0 aliphatic heterocycles. The van der Waals surface area contributed by atoms with Crippen LogP contribution in [0.4, 0.5) is 5.69 Å². The van der Waals surface area contributed by atoms with Crippen molar-refractivity contribution < 1.29 is 4.42 Å². The lowest BCUT2D eigenvalue weighted by Gasteiger charge is -1.96. The van der Waals surface area contributed by atoms with Gasteiger partial charge < -0.3 is 10.2 Å². The number of fused-ring (bicyclic) bond motifs is 1. The summed E-state index contributed by atoms with van der Waals surface area (Å²) in [5.74, 6) is 0. The van der Waals surface area contributed by atoms with Crippen LogP contribution in [-0.4, -0.2) is 4.98 Å². The van der Waals surface area contributed by atoms with Crippen LogP contribution in [0.2, 0.25) is 0 Å². The van der Waals surface area contributed by atoms with E-state index >= 15 is 0 Å². The van der Waals surface area contributed by atoms with E-state index in [1.807, 2.05) is 42.5 Å². The summed E-state index contributed by atoms with van der Waals surface area (Å²) in [5.41, 5.74) is 7.92. The third-order valence-corrected chi connectivity index (χ3v) is 3.76. The SMILES string of the molecule is Nc1cccc2oc(Sc3cccc(Br)c3)nc12. The number of para-hydroxylation sites is 1. The Balaban J connectivity index is 1.98. The maximum Gasteiger partial charge on any atom is 0.261 e. The molecule has 3 aromatic rings. The first-order valence-electron chi connectivity index (χ1n) is 5.31. The number of rotatable bonds is 2. The van der Waals surface area contributed by atoms with E-state index in [1.165, 1.54) is 11.8 Å². The summed E-state index contributed by atoms with van der Waals surface area (Å²) in [6, 6.07) is 13.5. The predicted octanol–water partition coefficient (Wildman–Crippen LogP) is 4.32. The number of nitrogens with zero attached hydrogens (tertiary/aromatic N) is 1. The summed E-state index contributed by atoms with van der Waals surface area (Å²) in [6.45, 7) is 0. The first-order chi connectivity index (χ1) is 8.72. The minimum absolute atomic E-state index is 0.598.